The van der Waals surface area contributed by atoms with Crippen LogP contribution in [-0.2, 0) is 4.74 Å². The SMILES string of the molecule is Cc1cc2c(N[C@H]3c4ccccc4OC[C@@H]3N3CC(OC(C)C)C3)ncnc2[nH]1. The minimum absolute atomic E-state index is 0.0771. The van der Waals surface area contributed by atoms with E-state index >= 15 is 0 Å². The fraction of sp³-hybridized carbons (Fsp3) is 0.455. The fourth-order valence-corrected chi connectivity index (χ4v) is 4.38. The Labute approximate surface area is 170 Å². The molecule has 1 aromatic carbocycles. The molecule has 29 heavy (non-hydrogen) atoms. The Morgan fingerprint density at radius 2 is 2.07 bits per heavy atom. The number of benzene rings is 1. The van der Waals surface area contributed by atoms with E-state index in [2.05, 4.69) is 57.2 Å². The highest BCUT2D eigenvalue weighted by Gasteiger charge is 2.41. The summed E-state index contributed by atoms with van der Waals surface area (Å²) in [4.78, 5) is 14.7. The highest BCUT2D eigenvalue weighted by molar-refractivity contribution is 5.87. The number of aryl methyl sites for hydroxylation is 1. The quantitative estimate of drug-likeness (QED) is 0.693. The van der Waals surface area contributed by atoms with Gasteiger partial charge >= 0.3 is 0 Å². The van der Waals surface area contributed by atoms with Crippen molar-refractivity contribution in [2.45, 2.75) is 45.1 Å². The number of nitrogens with zero attached hydrogens (tertiary/aromatic N) is 3. The van der Waals surface area contributed by atoms with Crippen LogP contribution in [0.1, 0.15) is 31.1 Å². The molecule has 5 rings (SSSR count). The molecule has 0 radical (unpaired) electrons. The van der Waals surface area contributed by atoms with Gasteiger partial charge in [-0.15, -0.1) is 0 Å². The maximum Gasteiger partial charge on any atom is 0.143 e. The molecule has 3 aromatic rings. The second-order valence-corrected chi connectivity index (χ2v) is 8.24. The van der Waals surface area contributed by atoms with Gasteiger partial charge in [-0.2, -0.15) is 0 Å². The molecule has 0 bridgehead atoms. The monoisotopic (exact) mass is 393 g/mol. The molecule has 152 valence electrons. The minimum Gasteiger partial charge on any atom is -0.491 e. The van der Waals surface area contributed by atoms with Crippen molar-refractivity contribution in [3.63, 3.8) is 0 Å². The largest absolute Gasteiger partial charge is 0.491 e. The van der Waals surface area contributed by atoms with Crippen LogP contribution < -0.4 is 10.1 Å². The normalized spacial score (nSPS) is 22.3. The number of H-pyrrole nitrogens is 1. The molecule has 0 saturated carbocycles. The van der Waals surface area contributed by atoms with Crippen molar-refractivity contribution in [3.8, 4) is 5.75 Å². The molecular weight excluding hydrogens is 366 g/mol. The average molecular weight is 393 g/mol. The van der Waals surface area contributed by atoms with Crippen molar-refractivity contribution in [2.24, 2.45) is 0 Å². The number of anilines is 1. The summed E-state index contributed by atoms with van der Waals surface area (Å²) in [5, 5.41) is 4.73. The predicted molar refractivity (Wildman–Crippen MR) is 112 cm³/mol. The van der Waals surface area contributed by atoms with Crippen LogP contribution in [0.3, 0.4) is 0 Å². The van der Waals surface area contributed by atoms with Crippen LogP contribution in [0.2, 0.25) is 0 Å². The van der Waals surface area contributed by atoms with Crippen molar-refractivity contribution in [1.29, 1.82) is 0 Å². The standard InChI is InChI=1S/C22H27N5O2/c1-13(2)29-15-9-27(10-15)18-11-28-19-7-5-4-6-16(19)20(18)26-22-17-8-14(3)25-21(17)23-12-24-22/h4-8,12-13,15,18,20H,9-11H2,1-3H3,(H2,23,24,25,26)/t18-,20-/m0/s1. The third kappa shape index (κ3) is 3.45. The van der Waals surface area contributed by atoms with Gasteiger partial charge in [0, 0.05) is 24.3 Å². The minimum atomic E-state index is 0.0771. The van der Waals surface area contributed by atoms with E-state index in [1.165, 1.54) is 0 Å². The molecule has 0 spiro atoms. The molecule has 1 saturated heterocycles. The van der Waals surface area contributed by atoms with E-state index in [1.54, 1.807) is 6.33 Å². The van der Waals surface area contributed by atoms with Gasteiger partial charge in [-0.1, -0.05) is 18.2 Å². The topological polar surface area (TPSA) is 75.3 Å². The molecule has 0 unspecified atom stereocenters. The molecule has 2 aromatic heterocycles. The van der Waals surface area contributed by atoms with E-state index in [4.69, 9.17) is 9.47 Å². The van der Waals surface area contributed by atoms with Crippen molar-refractivity contribution in [3.05, 3.63) is 47.9 Å². The molecule has 1 fully saturated rings. The summed E-state index contributed by atoms with van der Waals surface area (Å²) in [6, 6.07) is 10.6. The smallest absolute Gasteiger partial charge is 0.143 e. The zero-order chi connectivity index (χ0) is 20.0. The first-order valence-corrected chi connectivity index (χ1v) is 10.3. The lowest BCUT2D eigenvalue weighted by Crippen LogP contribution is -2.61. The number of nitrogens with one attached hydrogen (secondary N) is 2. The number of para-hydroxylation sites is 1. The summed E-state index contributed by atoms with van der Waals surface area (Å²) in [6.45, 7) is 8.71. The fourth-order valence-electron chi connectivity index (χ4n) is 4.38. The van der Waals surface area contributed by atoms with E-state index < -0.39 is 0 Å². The Balaban J connectivity index is 1.45. The molecule has 7 nitrogen and oxygen atoms in total. The molecule has 4 heterocycles. The Morgan fingerprint density at radius 3 is 2.90 bits per heavy atom. The Morgan fingerprint density at radius 1 is 1.24 bits per heavy atom. The molecular formula is C22H27N5O2. The summed E-state index contributed by atoms with van der Waals surface area (Å²) in [5.74, 6) is 1.79. The lowest BCUT2D eigenvalue weighted by molar-refractivity contribution is -0.104. The molecule has 2 N–H and O–H groups in total. The number of likely N-dealkylation sites (tertiary alicyclic amines) is 1. The summed E-state index contributed by atoms with van der Waals surface area (Å²) >= 11 is 0. The van der Waals surface area contributed by atoms with Crippen molar-refractivity contribution >= 4 is 16.9 Å². The van der Waals surface area contributed by atoms with Gasteiger partial charge in [0.2, 0.25) is 0 Å². The average Bonchev–Trinajstić information content (AvgIpc) is 3.06. The van der Waals surface area contributed by atoms with Crippen LogP contribution in [-0.4, -0.2) is 57.8 Å². The Kier molecular flexibility index (Phi) is 4.64. The molecule has 0 amide bonds. The van der Waals surface area contributed by atoms with Crippen molar-refractivity contribution < 1.29 is 9.47 Å². The Bertz CT molecular complexity index is 1010. The molecule has 2 atom stereocenters. The second kappa shape index (κ2) is 7.31. The number of hydrogen-bond donors (Lipinski definition) is 2. The number of hydrogen-bond acceptors (Lipinski definition) is 6. The maximum atomic E-state index is 6.11. The summed E-state index contributed by atoms with van der Waals surface area (Å²) in [7, 11) is 0. The van der Waals surface area contributed by atoms with Gasteiger partial charge in [0.25, 0.3) is 0 Å². The van der Waals surface area contributed by atoms with Gasteiger partial charge in [0.15, 0.2) is 0 Å². The zero-order valence-corrected chi connectivity index (χ0v) is 17.1. The van der Waals surface area contributed by atoms with Gasteiger partial charge < -0.3 is 19.8 Å². The van der Waals surface area contributed by atoms with Crippen LogP contribution in [0.25, 0.3) is 11.0 Å². The van der Waals surface area contributed by atoms with Crippen LogP contribution in [0.5, 0.6) is 5.75 Å². The molecule has 2 aliphatic heterocycles. The van der Waals surface area contributed by atoms with E-state index in [-0.39, 0.29) is 18.2 Å². The van der Waals surface area contributed by atoms with Crippen LogP contribution in [0.15, 0.2) is 36.7 Å². The van der Waals surface area contributed by atoms with Gasteiger partial charge in [-0.05, 0) is 32.9 Å². The zero-order valence-electron chi connectivity index (χ0n) is 17.1. The summed E-state index contributed by atoms with van der Waals surface area (Å²) in [5.41, 5.74) is 3.09. The molecule has 2 aliphatic rings. The highest BCUT2D eigenvalue weighted by Crippen LogP contribution is 2.38. The summed E-state index contributed by atoms with van der Waals surface area (Å²) in [6.07, 6.45) is 2.16. The Hall–Kier alpha value is -2.64. The van der Waals surface area contributed by atoms with E-state index in [0.29, 0.717) is 12.7 Å². The van der Waals surface area contributed by atoms with E-state index in [9.17, 15) is 0 Å². The number of rotatable bonds is 5. The first kappa shape index (κ1) is 18.4. The van der Waals surface area contributed by atoms with Crippen molar-refractivity contribution in [2.75, 3.05) is 25.0 Å². The van der Waals surface area contributed by atoms with Crippen LogP contribution in [0, 0.1) is 6.92 Å². The lowest BCUT2D eigenvalue weighted by Gasteiger charge is -2.48. The first-order valence-electron chi connectivity index (χ1n) is 10.3. The number of fused-ring (bicyclic) bond motifs is 2. The van der Waals surface area contributed by atoms with Crippen LogP contribution in [0.4, 0.5) is 5.82 Å². The predicted octanol–water partition coefficient (Wildman–Crippen LogP) is 3.29. The van der Waals surface area contributed by atoms with Gasteiger partial charge in [0.1, 0.15) is 30.1 Å². The maximum absolute atomic E-state index is 6.11. The third-order valence-corrected chi connectivity index (χ3v) is 5.71. The van der Waals surface area contributed by atoms with Crippen LogP contribution >= 0.6 is 0 Å². The van der Waals surface area contributed by atoms with Gasteiger partial charge in [0.05, 0.1) is 29.7 Å². The number of aromatic nitrogens is 3. The van der Waals surface area contributed by atoms with Gasteiger partial charge in [-0.25, -0.2) is 9.97 Å². The highest BCUT2D eigenvalue weighted by atomic mass is 16.5. The van der Waals surface area contributed by atoms with E-state index in [0.717, 1.165) is 46.9 Å². The number of aromatic amines is 1. The van der Waals surface area contributed by atoms with E-state index in [1.807, 2.05) is 19.1 Å². The third-order valence-electron chi connectivity index (χ3n) is 5.71. The second-order valence-electron chi connectivity index (χ2n) is 8.24. The first-order chi connectivity index (χ1) is 14.1. The molecule has 7 heteroatoms. The summed E-state index contributed by atoms with van der Waals surface area (Å²) < 4.78 is 12.1. The molecule has 0 aliphatic carbocycles. The number of ether oxygens (including phenoxy) is 2. The van der Waals surface area contributed by atoms with Crippen molar-refractivity contribution in [1.82, 2.24) is 19.9 Å². The van der Waals surface area contributed by atoms with Gasteiger partial charge in [-0.3, -0.25) is 4.90 Å². The lowest BCUT2D eigenvalue weighted by atomic mass is 9.92.